The number of phenolic OH excluding ortho intramolecular Hbond substituents is 1. The first-order valence-corrected chi connectivity index (χ1v) is 11.9. The van der Waals surface area contributed by atoms with Crippen LogP contribution < -0.4 is 10.8 Å². The third-order valence-electron chi connectivity index (χ3n) is 5.04. The fourth-order valence-corrected chi connectivity index (χ4v) is 4.79. The molecule has 0 spiro atoms. The SMILES string of the molecule is O=C(Nc1nc2cccc(-c3cc(-c4ccc(P(=O)(O)O)o4)ccc3O)c2s1)C1CC1. The molecular formula is C21H17N2O6PS. The quantitative estimate of drug-likeness (QED) is 0.333. The van der Waals surface area contributed by atoms with E-state index in [2.05, 4.69) is 10.3 Å². The summed E-state index contributed by atoms with van der Waals surface area (Å²) in [4.78, 5) is 35.2. The van der Waals surface area contributed by atoms with E-state index in [1.165, 1.54) is 29.5 Å². The number of aromatic nitrogens is 1. The van der Waals surface area contributed by atoms with Crippen LogP contribution in [0.4, 0.5) is 5.13 Å². The van der Waals surface area contributed by atoms with Gasteiger partial charge >= 0.3 is 7.60 Å². The van der Waals surface area contributed by atoms with Crippen molar-refractivity contribution in [1.29, 1.82) is 0 Å². The summed E-state index contributed by atoms with van der Waals surface area (Å²) >= 11 is 1.33. The highest BCUT2D eigenvalue weighted by Gasteiger charge is 2.30. The van der Waals surface area contributed by atoms with Crippen molar-refractivity contribution in [2.75, 3.05) is 5.32 Å². The third-order valence-corrected chi connectivity index (χ3v) is 6.88. The Kier molecular flexibility index (Phi) is 4.71. The van der Waals surface area contributed by atoms with Gasteiger partial charge in [-0.3, -0.25) is 9.36 Å². The lowest BCUT2D eigenvalue weighted by Gasteiger charge is -2.08. The van der Waals surface area contributed by atoms with E-state index >= 15 is 0 Å². The molecule has 158 valence electrons. The van der Waals surface area contributed by atoms with Crippen molar-refractivity contribution >= 4 is 45.7 Å². The molecule has 4 aromatic rings. The van der Waals surface area contributed by atoms with Crippen LogP contribution in [0.5, 0.6) is 5.75 Å². The zero-order chi connectivity index (χ0) is 21.8. The van der Waals surface area contributed by atoms with Crippen LogP contribution >= 0.6 is 18.9 Å². The smallest absolute Gasteiger partial charge is 0.391 e. The van der Waals surface area contributed by atoms with Crippen molar-refractivity contribution in [3.63, 3.8) is 0 Å². The van der Waals surface area contributed by atoms with E-state index in [4.69, 9.17) is 4.42 Å². The number of anilines is 1. The molecule has 2 heterocycles. The van der Waals surface area contributed by atoms with Gasteiger partial charge in [0.2, 0.25) is 11.4 Å². The molecule has 0 saturated heterocycles. The average molecular weight is 456 g/mol. The van der Waals surface area contributed by atoms with Gasteiger partial charge in [0.25, 0.3) is 0 Å². The second kappa shape index (κ2) is 7.32. The number of hydrogen-bond acceptors (Lipinski definition) is 6. The molecular weight excluding hydrogens is 439 g/mol. The number of aromatic hydroxyl groups is 1. The molecule has 0 aliphatic heterocycles. The van der Waals surface area contributed by atoms with Crippen molar-refractivity contribution in [2.45, 2.75) is 12.8 Å². The Morgan fingerprint density at radius 2 is 1.94 bits per heavy atom. The molecule has 0 atom stereocenters. The molecule has 8 nitrogen and oxygen atoms in total. The fourth-order valence-electron chi connectivity index (χ4n) is 3.31. The Bertz CT molecular complexity index is 1370. The molecule has 1 aliphatic carbocycles. The maximum Gasteiger partial charge on any atom is 0.391 e. The molecule has 1 amide bonds. The minimum atomic E-state index is -4.50. The zero-order valence-corrected chi connectivity index (χ0v) is 17.7. The number of thiazole rings is 1. The summed E-state index contributed by atoms with van der Waals surface area (Å²) in [6, 6.07) is 13.0. The lowest BCUT2D eigenvalue weighted by Crippen LogP contribution is -2.12. The highest BCUT2D eigenvalue weighted by Crippen LogP contribution is 2.42. The van der Waals surface area contributed by atoms with E-state index in [0.29, 0.717) is 21.8 Å². The summed E-state index contributed by atoms with van der Waals surface area (Å²) < 4.78 is 17.5. The lowest BCUT2D eigenvalue weighted by molar-refractivity contribution is -0.117. The Balaban J connectivity index is 1.55. The number of carbonyl (C=O) groups excluding carboxylic acids is 1. The Morgan fingerprint density at radius 3 is 2.65 bits per heavy atom. The van der Waals surface area contributed by atoms with Crippen LogP contribution in [0.2, 0.25) is 0 Å². The molecule has 1 aliphatic rings. The van der Waals surface area contributed by atoms with Gasteiger partial charge < -0.3 is 24.6 Å². The normalized spacial score (nSPS) is 14.1. The molecule has 4 N–H and O–H groups in total. The van der Waals surface area contributed by atoms with Gasteiger partial charge in [0.15, 0.2) is 5.13 Å². The van der Waals surface area contributed by atoms with Crippen LogP contribution in [0.3, 0.4) is 0 Å². The predicted octanol–water partition coefficient (Wildman–Crippen LogP) is 4.08. The number of rotatable bonds is 5. The molecule has 0 bridgehead atoms. The fraction of sp³-hybridized carbons (Fsp3) is 0.143. The molecule has 0 radical (unpaired) electrons. The van der Waals surface area contributed by atoms with Crippen LogP contribution in [-0.4, -0.2) is 25.8 Å². The maximum atomic E-state index is 12.1. The molecule has 5 rings (SSSR count). The second-order valence-electron chi connectivity index (χ2n) is 7.35. The first kappa shape index (κ1) is 20.0. The van der Waals surface area contributed by atoms with Crippen LogP contribution in [0.1, 0.15) is 12.8 Å². The summed E-state index contributed by atoms with van der Waals surface area (Å²) in [7, 11) is -4.50. The number of carbonyl (C=O) groups is 1. The van der Waals surface area contributed by atoms with E-state index in [0.717, 1.165) is 23.1 Å². The first-order valence-electron chi connectivity index (χ1n) is 9.50. The number of amides is 1. The molecule has 31 heavy (non-hydrogen) atoms. The molecule has 1 fully saturated rings. The van der Waals surface area contributed by atoms with Crippen LogP contribution in [-0.2, 0) is 9.36 Å². The van der Waals surface area contributed by atoms with E-state index in [1.807, 2.05) is 18.2 Å². The van der Waals surface area contributed by atoms with Crippen molar-refractivity contribution < 1.29 is 28.7 Å². The van der Waals surface area contributed by atoms with Crippen molar-refractivity contribution in [2.24, 2.45) is 5.92 Å². The number of fused-ring (bicyclic) bond motifs is 1. The number of nitrogens with one attached hydrogen (secondary N) is 1. The highest BCUT2D eigenvalue weighted by molar-refractivity contribution is 7.59. The van der Waals surface area contributed by atoms with Gasteiger partial charge in [0, 0.05) is 22.6 Å². The number of hydrogen-bond donors (Lipinski definition) is 4. The van der Waals surface area contributed by atoms with Crippen LogP contribution in [0.25, 0.3) is 32.7 Å². The van der Waals surface area contributed by atoms with E-state index in [9.17, 15) is 24.3 Å². The summed E-state index contributed by atoms with van der Waals surface area (Å²) in [5.74, 6) is 0.353. The summed E-state index contributed by atoms with van der Waals surface area (Å²) in [6.45, 7) is 0. The monoisotopic (exact) mass is 456 g/mol. The zero-order valence-electron chi connectivity index (χ0n) is 16.0. The predicted molar refractivity (Wildman–Crippen MR) is 117 cm³/mol. The van der Waals surface area contributed by atoms with Gasteiger partial charge in [-0.25, -0.2) is 4.98 Å². The van der Waals surface area contributed by atoms with Crippen molar-refractivity contribution in [1.82, 2.24) is 4.98 Å². The highest BCUT2D eigenvalue weighted by atomic mass is 32.1. The Morgan fingerprint density at radius 1 is 1.13 bits per heavy atom. The summed E-state index contributed by atoms with van der Waals surface area (Å²) in [5.41, 5.74) is 2.07. The maximum absolute atomic E-state index is 12.1. The van der Waals surface area contributed by atoms with Gasteiger partial charge in [-0.15, -0.1) is 0 Å². The number of nitrogens with zero attached hydrogens (tertiary/aromatic N) is 1. The molecule has 2 aromatic carbocycles. The Hall–Kier alpha value is -2.97. The van der Waals surface area contributed by atoms with E-state index in [-0.39, 0.29) is 23.3 Å². The molecule has 10 heteroatoms. The van der Waals surface area contributed by atoms with Crippen molar-refractivity contribution in [3.8, 4) is 28.2 Å². The number of benzene rings is 2. The van der Waals surface area contributed by atoms with Gasteiger partial charge in [-0.05, 0) is 49.2 Å². The molecule has 0 unspecified atom stereocenters. The Labute approximate surface area is 180 Å². The summed E-state index contributed by atoms with van der Waals surface area (Å²) in [6.07, 6.45) is 1.80. The average Bonchev–Trinajstić information content (AvgIpc) is 3.29. The topological polar surface area (TPSA) is 133 Å². The van der Waals surface area contributed by atoms with Gasteiger partial charge in [0.1, 0.15) is 11.5 Å². The van der Waals surface area contributed by atoms with E-state index in [1.54, 1.807) is 12.1 Å². The van der Waals surface area contributed by atoms with Gasteiger partial charge in [0.05, 0.1) is 10.2 Å². The van der Waals surface area contributed by atoms with Crippen LogP contribution in [0, 0.1) is 5.92 Å². The standard InChI is InChI=1S/C21H17N2O6PS/c24-16-7-6-12(17-8-9-18(29-17)30(26,27)28)10-14(16)13-2-1-3-15-19(13)31-21(22-15)23-20(25)11-4-5-11/h1-3,6-11,24H,4-5H2,(H,22,23,25)(H2,26,27,28). The third kappa shape index (κ3) is 3.88. The van der Waals surface area contributed by atoms with Gasteiger partial charge in [-0.1, -0.05) is 23.5 Å². The molecule has 2 aromatic heterocycles. The lowest BCUT2D eigenvalue weighted by atomic mass is 10.0. The number of phenols is 1. The largest absolute Gasteiger partial charge is 0.507 e. The number of furan rings is 1. The van der Waals surface area contributed by atoms with Gasteiger partial charge in [-0.2, -0.15) is 0 Å². The van der Waals surface area contributed by atoms with Crippen molar-refractivity contribution in [3.05, 3.63) is 48.5 Å². The molecule has 1 saturated carbocycles. The second-order valence-corrected chi connectivity index (χ2v) is 9.88. The minimum absolute atomic E-state index is 0.0240. The first-order chi connectivity index (χ1) is 14.8. The van der Waals surface area contributed by atoms with Crippen LogP contribution in [0.15, 0.2) is 52.9 Å². The van der Waals surface area contributed by atoms with E-state index < -0.39 is 13.1 Å². The minimum Gasteiger partial charge on any atom is -0.507 e. The summed E-state index contributed by atoms with van der Waals surface area (Å²) in [5, 5.41) is 13.9.